The van der Waals surface area contributed by atoms with Gasteiger partial charge in [0.1, 0.15) is 0 Å². The number of likely N-dealkylation sites (tertiary alicyclic amines) is 1. The Kier molecular flexibility index (Phi) is 6.30. The number of hydrogen-bond acceptors (Lipinski definition) is 3. The van der Waals surface area contributed by atoms with Gasteiger partial charge in [0, 0.05) is 28.8 Å². The van der Waals surface area contributed by atoms with Gasteiger partial charge in [-0.05, 0) is 50.7 Å². The molecule has 0 aliphatic carbocycles. The van der Waals surface area contributed by atoms with E-state index in [1.807, 2.05) is 25.2 Å². The predicted molar refractivity (Wildman–Crippen MR) is 85.7 cm³/mol. The number of rotatable bonds is 6. The molecular formula is C14H20Cl2N2S. The Balaban J connectivity index is 1.73. The first-order valence-corrected chi connectivity index (χ1v) is 8.38. The van der Waals surface area contributed by atoms with E-state index in [1.54, 1.807) is 11.8 Å². The first-order valence-electron chi connectivity index (χ1n) is 6.64. The first kappa shape index (κ1) is 15.5. The average molecular weight is 319 g/mol. The van der Waals surface area contributed by atoms with Crippen molar-refractivity contribution >= 4 is 35.0 Å². The minimum Gasteiger partial charge on any atom is -0.319 e. The Morgan fingerprint density at radius 2 is 2.26 bits per heavy atom. The molecule has 1 aromatic carbocycles. The van der Waals surface area contributed by atoms with E-state index in [2.05, 4.69) is 10.2 Å². The van der Waals surface area contributed by atoms with Crippen LogP contribution in [0, 0.1) is 5.92 Å². The Labute approximate surface area is 129 Å². The van der Waals surface area contributed by atoms with Gasteiger partial charge in [0.15, 0.2) is 0 Å². The Morgan fingerprint density at radius 1 is 1.42 bits per heavy atom. The number of nitrogens with zero attached hydrogens (tertiary/aromatic N) is 1. The highest BCUT2D eigenvalue weighted by Crippen LogP contribution is 2.30. The number of hydrogen-bond donors (Lipinski definition) is 1. The van der Waals surface area contributed by atoms with E-state index in [1.165, 1.54) is 19.5 Å². The van der Waals surface area contributed by atoms with Crippen LogP contribution in [0.4, 0.5) is 0 Å². The monoisotopic (exact) mass is 318 g/mol. The average Bonchev–Trinajstić information content (AvgIpc) is 2.82. The van der Waals surface area contributed by atoms with Gasteiger partial charge < -0.3 is 10.2 Å². The normalized spacial score (nSPS) is 20.1. The number of thioether (sulfide) groups is 1. The maximum atomic E-state index is 6.15. The van der Waals surface area contributed by atoms with E-state index in [0.29, 0.717) is 0 Å². The molecule has 1 unspecified atom stereocenters. The van der Waals surface area contributed by atoms with Gasteiger partial charge in [-0.2, -0.15) is 0 Å². The lowest BCUT2D eigenvalue weighted by atomic mass is 10.1. The molecule has 1 aliphatic rings. The predicted octanol–water partition coefficient (Wildman–Crippen LogP) is 3.63. The summed E-state index contributed by atoms with van der Waals surface area (Å²) in [7, 11) is 2.03. The van der Waals surface area contributed by atoms with E-state index in [-0.39, 0.29) is 0 Å². The molecule has 2 nitrogen and oxygen atoms in total. The van der Waals surface area contributed by atoms with E-state index in [0.717, 1.165) is 39.7 Å². The van der Waals surface area contributed by atoms with Gasteiger partial charge in [0.25, 0.3) is 0 Å². The SMILES string of the molecule is CNCC1CCN(CCSc2cc(Cl)ccc2Cl)C1. The van der Waals surface area contributed by atoms with Gasteiger partial charge >= 0.3 is 0 Å². The van der Waals surface area contributed by atoms with Crippen molar-refractivity contribution in [2.45, 2.75) is 11.3 Å². The second kappa shape index (κ2) is 7.75. The smallest absolute Gasteiger partial charge is 0.0542 e. The van der Waals surface area contributed by atoms with Crippen LogP contribution >= 0.6 is 35.0 Å². The molecule has 1 atom stereocenters. The lowest BCUT2D eigenvalue weighted by Gasteiger charge is -2.15. The Morgan fingerprint density at radius 3 is 3.05 bits per heavy atom. The summed E-state index contributed by atoms with van der Waals surface area (Å²) < 4.78 is 0. The van der Waals surface area contributed by atoms with E-state index in [9.17, 15) is 0 Å². The summed E-state index contributed by atoms with van der Waals surface area (Å²) in [6, 6.07) is 5.64. The zero-order chi connectivity index (χ0) is 13.7. The summed E-state index contributed by atoms with van der Waals surface area (Å²) >= 11 is 13.9. The van der Waals surface area contributed by atoms with Gasteiger partial charge in [-0.1, -0.05) is 23.2 Å². The fourth-order valence-electron chi connectivity index (χ4n) is 2.44. The van der Waals surface area contributed by atoms with Crippen molar-refractivity contribution in [1.82, 2.24) is 10.2 Å². The molecule has 1 saturated heterocycles. The minimum absolute atomic E-state index is 0.752. The van der Waals surface area contributed by atoms with Crippen LogP contribution in [0.5, 0.6) is 0 Å². The summed E-state index contributed by atoms with van der Waals surface area (Å²) in [5.41, 5.74) is 0. The zero-order valence-corrected chi connectivity index (χ0v) is 13.5. The maximum absolute atomic E-state index is 6.15. The van der Waals surface area contributed by atoms with Crippen LogP contribution in [0.15, 0.2) is 23.1 Å². The van der Waals surface area contributed by atoms with Crippen LogP contribution < -0.4 is 5.32 Å². The third kappa shape index (κ3) is 4.83. The first-order chi connectivity index (χ1) is 9.19. The third-order valence-electron chi connectivity index (χ3n) is 3.42. The van der Waals surface area contributed by atoms with Gasteiger partial charge in [-0.25, -0.2) is 0 Å². The van der Waals surface area contributed by atoms with Crippen LogP contribution in [-0.4, -0.2) is 43.9 Å². The lowest BCUT2D eigenvalue weighted by molar-refractivity contribution is 0.343. The lowest BCUT2D eigenvalue weighted by Crippen LogP contribution is -2.26. The molecule has 0 saturated carbocycles. The van der Waals surface area contributed by atoms with E-state index >= 15 is 0 Å². The molecule has 19 heavy (non-hydrogen) atoms. The molecule has 106 valence electrons. The highest BCUT2D eigenvalue weighted by atomic mass is 35.5. The van der Waals surface area contributed by atoms with Crippen molar-refractivity contribution < 1.29 is 0 Å². The number of halogens is 2. The van der Waals surface area contributed by atoms with Gasteiger partial charge in [0.05, 0.1) is 5.02 Å². The van der Waals surface area contributed by atoms with Crippen LogP contribution in [-0.2, 0) is 0 Å². The molecule has 1 aliphatic heterocycles. The molecule has 1 fully saturated rings. The van der Waals surface area contributed by atoms with Crippen molar-refractivity contribution in [3.63, 3.8) is 0 Å². The molecule has 1 aromatic rings. The number of nitrogens with one attached hydrogen (secondary N) is 1. The Bertz CT molecular complexity index is 414. The molecule has 1 N–H and O–H groups in total. The highest BCUT2D eigenvalue weighted by Gasteiger charge is 2.21. The second-order valence-electron chi connectivity index (χ2n) is 4.94. The molecule has 0 spiro atoms. The molecular weight excluding hydrogens is 299 g/mol. The summed E-state index contributed by atoms with van der Waals surface area (Å²) in [5, 5.41) is 4.81. The highest BCUT2D eigenvalue weighted by molar-refractivity contribution is 7.99. The van der Waals surface area contributed by atoms with Crippen molar-refractivity contribution in [3.05, 3.63) is 28.2 Å². The summed E-state index contributed by atoms with van der Waals surface area (Å²) in [5.74, 6) is 1.87. The van der Waals surface area contributed by atoms with Crippen molar-refractivity contribution in [2.24, 2.45) is 5.92 Å². The summed E-state index contributed by atoms with van der Waals surface area (Å²) in [6.07, 6.45) is 1.31. The third-order valence-corrected chi connectivity index (χ3v) is 5.13. The second-order valence-corrected chi connectivity index (χ2v) is 6.92. The molecule has 2 rings (SSSR count). The van der Waals surface area contributed by atoms with Crippen molar-refractivity contribution in [1.29, 1.82) is 0 Å². The zero-order valence-electron chi connectivity index (χ0n) is 11.2. The number of benzene rings is 1. The summed E-state index contributed by atoms with van der Waals surface area (Å²) in [6.45, 7) is 4.68. The summed E-state index contributed by atoms with van der Waals surface area (Å²) in [4.78, 5) is 3.62. The topological polar surface area (TPSA) is 15.3 Å². The molecule has 5 heteroatoms. The largest absolute Gasteiger partial charge is 0.319 e. The molecule has 1 heterocycles. The van der Waals surface area contributed by atoms with Crippen molar-refractivity contribution in [3.8, 4) is 0 Å². The minimum atomic E-state index is 0.752. The maximum Gasteiger partial charge on any atom is 0.0542 e. The van der Waals surface area contributed by atoms with E-state index in [4.69, 9.17) is 23.2 Å². The van der Waals surface area contributed by atoms with E-state index < -0.39 is 0 Å². The van der Waals surface area contributed by atoms with Gasteiger partial charge in [-0.3, -0.25) is 0 Å². The van der Waals surface area contributed by atoms with Gasteiger partial charge in [-0.15, -0.1) is 11.8 Å². The Hall–Kier alpha value is 0.0700. The molecule has 0 radical (unpaired) electrons. The van der Waals surface area contributed by atoms with Gasteiger partial charge in [0.2, 0.25) is 0 Å². The van der Waals surface area contributed by atoms with Crippen LogP contribution in [0.3, 0.4) is 0 Å². The molecule has 0 bridgehead atoms. The fourth-order valence-corrected chi connectivity index (χ4v) is 3.95. The van der Waals surface area contributed by atoms with Crippen LogP contribution in [0.1, 0.15) is 6.42 Å². The molecule has 0 aromatic heterocycles. The molecule has 0 amide bonds. The van der Waals surface area contributed by atoms with Crippen LogP contribution in [0.25, 0.3) is 0 Å². The van der Waals surface area contributed by atoms with Crippen molar-refractivity contribution in [2.75, 3.05) is 39.0 Å². The standard InChI is InChI=1S/C14H20Cl2N2S/c1-17-9-11-4-5-18(10-11)6-7-19-14-8-12(15)2-3-13(14)16/h2-3,8,11,17H,4-7,9-10H2,1H3. The fraction of sp³-hybridized carbons (Fsp3) is 0.571. The van der Waals surface area contributed by atoms with Crippen LogP contribution in [0.2, 0.25) is 10.0 Å². The quantitative estimate of drug-likeness (QED) is 0.806.